The molecule has 0 aliphatic carbocycles. The quantitative estimate of drug-likeness (QED) is 0.293. The second kappa shape index (κ2) is 12.7. The van der Waals surface area contributed by atoms with Crippen LogP contribution >= 0.6 is 24.0 Å². The maximum atomic E-state index is 5.69. The van der Waals surface area contributed by atoms with Gasteiger partial charge in [-0.3, -0.25) is 9.89 Å². The van der Waals surface area contributed by atoms with Gasteiger partial charge in [-0.15, -0.1) is 24.0 Å². The van der Waals surface area contributed by atoms with E-state index in [-0.39, 0.29) is 30.0 Å². The van der Waals surface area contributed by atoms with Gasteiger partial charge in [0.05, 0.1) is 26.0 Å². The number of nitrogens with one attached hydrogen (secondary N) is 2. The fourth-order valence-corrected chi connectivity index (χ4v) is 3.64. The highest BCUT2D eigenvalue weighted by atomic mass is 127. The minimum absolute atomic E-state index is 0. The minimum Gasteiger partial charge on any atom is -0.493 e. The molecule has 7 nitrogen and oxygen atoms in total. The molecule has 1 aliphatic rings. The molecule has 0 amide bonds. The van der Waals surface area contributed by atoms with Gasteiger partial charge in [-0.2, -0.15) is 0 Å². The Morgan fingerprint density at radius 1 is 1.20 bits per heavy atom. The number of nitrogens with zero attached hydrogens (tertiary/aromatic N) is 2. The zero-order valence-corrected chi connectivity index (χ0v) is 20.3. The third-order valence-electron chi connectivity index (χ3n) is 5.13. The standard InChI is InChI=1S/C22H32N4O3.HI/c1-4-28-20-10-9-17(14-21(20)27-3)15-24-22(23-2)25-16-18(19-8-7-13-29-19)26-11-5-6-12-26;/h7-10,13-14,18H,4-6,11-12,15-16H2,1-3H3,(H2,23,24,25);1H. The topological polar surface area (TPSA) is 71.3 Å². The summed E-state index contributed by atoms with van der Waals surface area (Å²) in [5.74, 6) is 3.24. The molecule has 2 heterocycles. The Kier molecular flexibility index (Phi) is 10.3. The Bertz CT molecular complexity index is 777. The number of hydrogen-bond donors (Lipinski definition) is 2. The lowest BCUT2D eigenvalue weighted by atomic mass is 10.2. The van der Waals surface area contributed by atoms with Crippen LogP contribution in [0.25, 0.3) is 0 Å². The highest BCUT2D eigenvalue weighted by Gasteiger charge is 2.25. The van der Waals surface area contributed by atoms with Crippen molar-refractivity contribution in [1.82, 2.24) is 15.5 Å². The molecule has 1 aromatic heterocycles. The third-order valence-corrected chi connectivity index (χ3v) is 5.13. The lowest BCUT2D eigenvalue weighted by Gasteiger charge is -2.26. The SMILES string of the molecule is CCOc1ccc(CNC(=NC)NCC(c2ccco2)N2CCCC2)cc1OC.I. The second-order valence-corrected chi connectivity index (χ2v) is 7.00. The first-order chi connectivity index (χ1) is 14.2. The van der Waals surface area contributed by atoms with Crippen LogP contribution in [0.3, 0.4) is 0 Å². The van der Waals surface area contributed by atoms with E-state index in [0.29, 0.717) is 13.2 Å². The van der Waals surface area contributed by atoms with Crippen LogP contribution in [-0.4, -0.2) is 51.3 Å². The van der Waals surface area contributed by atoms with Crippen molar-refractivity contribution < 1.29 is 13.9 Å². The maximum absolute atomic E-state index is 5.69. The lowest BCUT2D eigenvalue weighted by molar-refractivity contribution is 0.215. The smallest absolute Gasteiger partial charge is 0.191 e. The number of ether oxygens (including phenoxy) is 2. The summed E-state index contributed by atoms with van der Waals surface area (Å²) in [4.78, 5) is 6.83. The van der Waals surface area contributed by atoms with E-state index >= 15 is 0 Å². The Labute approximate surface area is 196 Å². The molecule has 0 saturated carbocycles. The molecule has 2 aromatic rings. The molecule has 1 fully saturated rings. The van der Waals surface area contributed by atoms with Crippen LogP contribution in [0, 0.1) is 0 Å². The summed E-state index contributed by atoms with van der Waals surface area (Å²) in [6.45, 7) is 6.15. The zero-order chi connectivity index (χ0) is 20.5. The van der Waals surface area contributed by atoms with Crippen LogP contribution in [0.1, 0.15) is 37.1 Å². The summed E-state index contributed by atoms with van der Waals surface area (Å²) < 4.78 is 16.7. The summed E-state index contributed by atoms with van der Waals surface area (Å²) in [6.07, 6.45) is 4.22. The van der Waals surface area contributed by atoms with E-state index in [1.165, 1.54) is 12.8 Å². The molecule has 30 heavy (non-hydrogen) atoms. The molecular weight excluding hydrogens is 495 g/mol. The molecule has 1 atom stereocenters. The molecule has 1 aromatic carbocycles. The predicted octanol–water partition coefficient (Wildman–Crippen LogP) is 3.81. The van der Waals surface area contributed by atoms with Gasteiger partial charge >= 0.3 is 0 Å². The number of rotatable bonds is 9. The predicted molar refractivity (Wildman–Crippen MR) is 130 cm³/mol. The van der Waals surface area contributed by atoms with Gasteiger partial charge in [0.1, 0.15) is 5.76 Å². The maximum Gasteiger partial charge on any atom is 0.191 e. The van der Waals surface area contributed by atoms with Crippen molar-refractivity contribution in [2.45, 2.75) is 32.4 Å². The van der Waals surface area contributed by atoms with Crippen molar-refractivity contribution in [3.8, 4) is 11.5 Å². The van der Waals surface area contributed by atoms with Gasteiger partial charge in [0.15, 0.2) is 17.5 Å². The van der Waals surface area contributed by atoms with E-state index in [0.717, 1.165) is 48.4 Å². The van der Waals surface area contributed by atoms with Gasteiger partial charge < -0.3 is 24.5 Å². The van der Waals surface area contributed by atoms with Gasteiger partial charge in [-0.25, -0.2) is 0 Å². The third kappa shape index (κ3) is 6.53. The zero-order valence-electron chi connectivity index (χ0n) is 18.0. The number of likely N-dealkylation sites (tertiary alicyclic amines) is 1. The van der Waals surface area contributed by atoms with Crippen molar-refractivity contribution in [3.05, 3.63) is 47.9 Å². The highest BCUT2D eigenvalue weighted by molar-refractivity contribution is 14.0. The molecule has 0 bridgehead atoms. The van der Waals surface area contributed by atoms with Crippen LogP contribution in [-0.2, 0) is 6.54 Å². The van der Waals surface area contributed by atoms with Crippen LogP contribution in [0.5, 0.6) is 11.5 Å². The van der Waals surface area contributed by atoms with E-state index in [9.17, 15) is 0 Å². The summed E-state index contributed by atoms with van der Waals surface area (Å²) >= 11 is 0. The number of methoxy groups -OCH3 is 1. The number of aliphatic imine (C=N–C) groups is 1. The van der Waals surface area contributed by atoms with E-state index in [1.54, 1.807) is 20.4 Å². The fourth-order valence-electron chi connectivity index (χ4n) is 3.64. The van der Waals surface area contributed by atoms with E-state index in [1.807, 2.05) is 37.3 Å². The van der Waals surface area contributed by atoms with Crippen molar-refractivity contribution in [2.75, 3.05) is 40.4 Å². The number of halogens is 1. The molecular formula is C22H33IN4O3. The molecule has 1 saturated heterocycles. The van der Waals surface area contributed by atoms with Crippen molar-refractivity contribution >= 4 is 29.9 Å². The first-order valence-corrected chi connectivity index (χ1v) is 10.3. The molecule has 2 N–H and O–H groups in total. The monoisotopic (exact) mass is 528 g/mol. The van der Waals surface area contributed by atoms with Gasteiger partial charge in [0, 0.05) is 20.1 Å². The van der Waals surface area contributed by atoms with Gasteiger partial charge in [-0.1, -0.05) is 6.07 Å². The van der Waals surface area contributed by atoms with Gasteiger partial charge in [0.2, 0.25) is 0 Å². The molecule has 166 valence electrons. The lowest BCUT2D eigenvalue weighted by Crippen LogP contribution is -2.42. The molecule has 1 unspecified atom stereocenters. The van der Waals surface area contributed by atoms with Crippen molar-refractivity contribution in [3.63, 3.8) is 0 Å². The Balaban J connectivity index is 0.00000320. The largest absolute Gasteiger partial charge is 0.493 e. The van der Waals surface area contributed by atoms with Crippen molar-refractivity contribution in [1.29, 1.82) is 0 Å². The first-order valence-electron chi connectivity index (χ1n) is 10.3. The molecule has 0 spiro atoms. The number of benzene rings is 1. The van der Waals surface area contributed by atoms with Crippen molar-refractivity contribution in [2.24, 2.45) is 4.99 Å². The molecule has 0 radical (unpaired) electrons. The summed E-state index contributed by atoms with van der Waals surface area (Å²) in [5.41, 5.74) is 1.09. The number of guanidine groups is 1. The second-order valence-electron chi connectivity index (χ2n) is 7.00. The van der Waals surface area contributed by atoms with Crippen LogP contribution in [0.15, 0.2) is 46.0 Å². The highest BCUT2D eigenvalue weighted by Crippen LogP contribution is 2.28. The van der Waals surface area contributed by atoms with Gasteiger partial charge in [0.25, 0.3) is 0 Å². The normalized spacial score (nSPS) is 15.4. The Hall–Kier alpha value is -1.94. The van der Waals surface area contributed by atoms with E-state index in [4.69, 9.17) is 13.9 Å². The van der Waals surface area contributed by atoms with Gasteiger partial charge in [-0.05, 0) is 62.7 Å². The van der Waals surface area contributed by atoms with Crippen LogP contribution in [0.4, 0.5) is 0 Å². The number of furan rings is 1. The summed E-state index contributed by atoms with van der Waals surface area (Å²) in [7, 11) is 3.44. The molecule has 3 rings (SSSR count). The minimum atomic E-state index is 0. The molecule has 1 aliphatic heterocycles. The average Bonchev–Trinajstić information content (AvgIpc) is 3.46. The Morgan fingerprint density at radius 3 is 2.63 bits per heavy atom. The van der Waals surface area contributed by atoms with E-state index in [2.05, 4.69) is 20.5 Å². The van der Waals surface area contributed by atoms with E-state index < -0.39 is 0 Å². The first kappa shape index (κ1) is 24.3. The molecule has 8 heteroatoms. The summed E-state index contributed by atoms with van der Waals surface area (Å²) in [6, 6.07) is 10.2. The fraction of sp³-hybridized carbons (Fsp3) is 0.500. The average molecular weight is 528 g/mol. The van der Waals surface area contributed by atoms with Crippen LogP contribution in [0.2, 0.25) is 0 Å². The number of hydrogen-bond acceptors (Lipinski definition) is 5. The Morgan fingerprint density at radius 2 is 2.00 bits per heavy atom. The van der Waals surface area contributed by atoms with Crippen LogP contribution < -0.4 is 20.1 Å². The summed E-state index contributed by atoms with van der Waals surface area (Å²) in [5, 5.41) is 6.82.